The molecule has 0 radical (unpaired) electrons. The number of rotatable bonds is 2. The molecule has 0 spiro atoms. The van der Waals surface area contributed by atoms with Crippen LogP contribution in [0.2, 0.25) is 0 Å². The molecule has 2 aromatic rings. The molecule has 1 aliphatic rings. The van der Waals surface area contributed by atoms with Crippen molar-refractivity contribution in [1.29, 1.82) is 0 Å². The number of nitrogens with one attached hydrogen (secondary N) is 1. The van der Waals surface area contributed by atoms with Gasteiger partial charge in [-0.2, -0.15) is 0 Å². The third-order valence-corrected chi connectivity index (χ3v) is 4.86. The highest BCUT2D eigenvalue weighted by Gasteiger charge is 2.21. The minimum atomic E-state index is -0.0841. The number of hydrogen-bond donors (Lipinski definition) is 2. The highest BCUT2D eigenvalue weighted by molar-refractivity contribution is 7.21. The molecule has 0 unspecified atom stereocenters. The molecule has 0 bridgehead atoms. The Morgan fingerprint density at radius 3 is 2.60 bits per heavy atom. The molecule has 1 amide bonds. The summed E-state index contributed by atoms with van der Waals surface area (Å²) in [6.45, 7) is 0. The van der Waals surface area contributed by atoms with Crippen molar-refractivity contribution in [2.75, 3.05) is 5.73 Å². The van der Waals surface area contributed by atoms with Gasteiger partial charge in [0.2, 0.25) is 0 Å². The predicted molar refractivity (Wildman–Crippen MR) is 80.8 cm³/mol. The fraction of sp³-hybridized carbons (Fsp3) is 0.500. The Bertz CT molecular complexity index is 617. The topological polar surface area (TPSA) is 80.9 Å². The van der Waals surface area contributed by atoms with Gasteiger partial charge in [-0.05, 0) is 12.8 Å². The number of amides is 1. The molecular weight excluding hydrogens is 272 g/mol. The monoisotopic (exact) mass is 290 g/mol. The number of hydrogen-bond acceptors (Lipinski definition) is 5. The Hall–Kier alpha value is -1.69. The summed E-state index contributed by atoms with van der Waals surface area (Å²) in [5, 5.41) is 3.11. The first-order valence-corrected chi connectivity index (χ1v) is 7.87. The van der Waals surface area contributed by atoms with Crippen molar-refractivity contribution in [1.82, 2.24) is 15.3 Å². The molecule has 6 heteroatoms. The van der Waals surface area contributed by atoms with Crippen LogP contribution in [0.15, 0.2) is 12.4 Å². The van der Waals surface area contributed by atoms with E-state index in [1.54, 1.807) is 12.4 Å². The van der Waals surface area contributed by atoms with Gasteiger partial charge in [-0.1, -0.05) is 25.7 Å². The third kappa shape index (κ3) is 2.60. The Labute approximate surface area is 121 Å². The van der Waals surface area contributed by atoms with Crippen molar-refractivity contribution >= 4 is 33.3 Å². The lowest BCUT2D eigenvalue weighted by Crippen LogP contribution is -2.34. The van der Waals surface area contributed by atoms with Crippen LogP contribution < -0.4 is 11.1 Å². The van der Waals surface area contributed by atoms with E-state index < -0.39 is 0 Å². The predicted octanol–water partition coefficient (Wildman–Crippen LogP) is 2.73. The van der Waals surface area contributed by atoms with Crippen molar-refractivity contribution < 1.29 is 4.79 Å². The summed E-state index contributed by atoms with van der Waals surface area (Å²) in [4.78, 5) is 22.0. The number of thiophene rings is 1. The van der Waals surface area contributed by atoms with E-state index in [1.165, 1.54) is 37.0 Å². The highest BCUT2D eigenvalue weighted by Crippen LogP contribution is 2.30. The number of aromatic nitrogens is 2. The standard InChI is InChI=1S/C14H18N4OS/c15-10-11-14(17-8-7-16-11)20-12(10)13(19)18-9-5-3-1-2-4-6-9/h7-9H,1-6,15H2,(H,18,19). The lowest BCUT2D eigenvalue weighted by Gasteiger charge is -2.15. The Balaban J connectivity index is 1.79. The molecule has 2 aromatic heterocycles. The maximum absolute atomic E-state index is 12.4. The Morgan fingerprint density at radius 2 is 1.90 bits per heavy atom. The van der Waals surface area contributed by atoms with E-state index in [1.807, 2.05) is 0 Å². The third-order valence-electron chi connectivity index (χ3n) is 3.76. The van der Waals surface area contributed by atoms with E-state index in [0.29, 0.717) is 16.1 Å². The second kappa shape index (κ2) is 5.75. The normalized spacial score (nSPS) is 17.0. The maximum Gasteiger partial charge on any atom is 0.263 e. The second-order valence-corrected chi connectivity index (χ2v) is 6.22. The van der Waals surface area contributed by atoms with Crippen LogP contribution in [-0.2, 0) is 0 Å². The van der Waals surface area contributed by atoms with Crippen LogP contribution >= 0.6 is 11.3 Å². The van der Waals surface area contributed by atoms with Crippen molar-refractivity contribution in [2.45, 2.75) is 44.6 Å². The molecule has 0 aromatic carbocycles. The van der Waals surface area contributed by atoms with E-state index >= 15 is 0 Å². The summed E-state index contributed by atoms with van der Waals surface area (Å²) in [7, 11) is 0. The van der Waals surface area contributed by atoms with Crippen molar-refractivity contribution in [3.8, 4) is 0 Å². The molecule has 0 saturated heterocycles. The number of nitrogens with zero attached hydrogens (tertiary/aromatic N) is 2. The average molecular weight is 290 g/mol. The van der Waals surface area contributed by atoms with Gasteiger partial charge < -0.3 is 11.1 Å². The highest BCUT2D eigenvalue weighted by atomic mass is 32.1. The van der Waals surface area contributed by atoms with Gasteiger partial charge in [0.1, 0.15) is 15.2 Å². The summed E-state index contributed by atoms with van der Waals surface area (Å²) in [5.41, 5.74) is 7.10. The van der Waals surface area contributed by atoms with Crippen LogP contribution in [0, 0.1) is 0 Å². The fourth-order valence-electron chi connectivity index (χ4n) is 2.69. The molecular formula is C14H18N4OS. The number of nitrogens with two attached hydrogens (primary N) is 1. The SMILES string of the molecule is Nc1c(C(=O)NC2CCCCCC2)sc2nccnc12. The Morgan fingerprint density at radius 1 is 1.20 bits per heavy atom. The fourth-order valence-corrected chi connectivity index (χ4v) is 3.61. The van der Waals surface area contributed by atoms with Crippen molar-refractivity contribution in [2.24, 2.45) is 0 Å². The summed E-state index contributed by atoms with van der Waals surface area (Å²) < 4.78 is 0. The van der Waals surface area contributed by atoms with Gasteiger partial charge in [-0.15, -0.1) is 11.3 Å². The van der Waals surface area contributed by atoms with Crippen molar-refractivity contribution in [3.63, 3.8) is 0 Å². The first kappa shape index (κ1) is 13.3. The van der Waals surface area contributed by atoms with Crippen LogP contribution in [0.1, 0.15) is 48.2 Å². The van der Waals surface area contributed by atoms with Gasteiger partial charge in [-0.25, -0.2) is 9.97 Å². The van der Waals surface area contributed by atoms with Crippen molar-refractivity contribution in [3.05, 3.63) is 17.3 Å². The molecule has 1 saturated carbocycles. The van der Waals surface area contributed by atoms with Gasteiger partial charge in [0.15, 0.2) is 0 Å². The number of nitrogen functional groups attached to an aromatic ring is 1. The molecule has 1 aliphatic carbocycles. The molecule has 5 nitrogen and oxygen atoms in total. The largest absolute Gasteiger partial charge is 0.396 e. The maximum atomic E-state index is 12.4. The lowest BCUT2D eigenvalue weighted by atomic mass is 10.1. The van der Waals surface area contributed by atoms with E-state index in [2.05, 4.69) is 15.3 Å². The number of fused-ring (bicyclic) bond motifs is 1. The molecule has 3 N–H and O–H groups in total. The molecule has 2 heterocycles. The van der Waals surface area contributed by atoms with Crippen LogP contribution in [0.5, 0.6) is 0 Å². The second-order valence-electron chi connectivity index (χ2n) is 5.22. The zero-order valence-corrected chi connectivity index (χ0v) is 12.1. The summed E-state index contributed by atoms with van der Waals surface area (Å²) >= 11 is 1.32. The smallest absolute Gasteiger partial charge is 0.263 e. The van der Waals surface area contributed by atoms with Gasteiger partial charge >= 0.3 is 0 Å². The zero-order chi connectivity index (χ0) is 13.9. The molecule has 20 heavy (non-hydrogen) atoms. The van der Waals surface area contributed by atoms with E-state index in [-0.39, 0.29) is 11.9 Å². The summed E-state index contributed by atoms with van der Waals surface area (Å²) in [6.07, 6.45) is 10.3. The van der Waals surface area contributed by atoms with Gasteiger partial charge in [0, 0.05) is 18.4 Å². The first-order valence-electron chi connectivity index (χ1n) is 7.05. The lowest BCUT2D eigenvalue weighted by molar-refractivity contribution is 0.0938. The minimum Gasteiger partial charge on any atom is -0.396 e. The van der Waals surface area contributed by atoms with Crippen LogP contribution in [-0.4, -0.2) is 21.9 Å². The molecule has 106 valence electrons. The van der Waals surface area contributed by atoms with Crippen LogP contribution in [0.3, 0.4) is 0 Å². The van der Waals surface area contributed by atoms with Crippen LogP contribution in [0.25, 0.3) is 10.3 Å². The van der Waals surface area contributed by atoms with E-state index in [4.69, 9.17) is 5.73 Å². The quantitative estimate of drug-likeness (QED) is 0.833. The van der Waals surface area contributed by atoms with E-state index in [0.717, 1.165) is 17.7 Å². The average Bonchev–Trinajstić information content (AvgIpc) is 2.64. The number of carbonyl (C=O) groups is 1. The minimum absolute atomic E-state index is 0.0841. The Kier molecular flexibility index (Phi) is 3.82. The first-order chi connectivity index (χ1) is 9.75. The zero-order valence-electron chi connectivity index (χ0n) is 11.3. The summed E-state index contributed by atoms with van der Waals surface area (Å²) in [6, 6.07) is 0.274. The van der Waals surface area contributed by atoms with E-state index in [9.17, 15) is 4.79 Å². The van der Waals surface area contributed by atoms with Gasteiger partial charge in [0.05, 0.1) is 5.69 Å². The molecule has 1 fully saturated rings. The van der Waals surface area contributed by atoms with Crippen LogP contribution in [0.4, 0.5) is 5.69 Å². The molecule has 3 rings (SSSR count). The van der Waals surface area contributed by atoms with Gasteiger partial charge in [-0.3, -0.25) is 4.79 Å². The molecule has 0 aliphatic heterocycles. The summed E-state index contributed by atoms with van der Waals surface area (Å²) in [5.74, 6) is -0.0841. The number of carbonyl (C=O) groups excluding carboxylic acids is 1. The number of anilines is 1. The van der Waals surface area contributed by atoms with Gasteiger partial charge in [0.25, 0.3) is 5.91 Å². The molecule has 0 atom stereocenters.